The van der Waals surface area contributed by atoms with Crippen molar-refractivity contribution in [2.75, 3.05) is 0 Å². The van der Waals surface area contributed by atoms with Gasteiger partial charge in [0.05, 0.1) is 0 Å². The molecule has 218 valence electrons. The van der Waals surface area contributed by atoms with E-state index in [1.165, 1.54) is 48.0 Å². The molecule has 0 aliphatic carbocycles. The van der Waals surface area contributed by atoms with Gasteiger partial charge in [-0.15, -0.1) is 0 Å². The molecular formula is C44H24O2S. The highest BCUT2D eigenvalue weighted by atomic mass is 32.2. The Kier molecular flexibility index (Phi) is 5.08. The maximum atomic E-state index is 6.61. The van der Waals surface area contributed by atoms with Gasteiger partial charge in [-0.1, -0.05) is 103 Å². The molecule has 47 heavy (non-hydrogen) atoms. The maximum absolute atomic E-state index is 6.61. The Bertz CT molecular complexity index is 2940. The molecule has 0 radical (unpaired) electrons. The van der Waals surface area contributed by atoms with E-state index in [1.807, 2.05) is 11.8 Å². The lowest BCUT2D eigenvalue weighted by Gasteiger charge is -2.21. The normalized spacial score (nSPS) is 12.6. The van der Waals surface area contributed by atoms with E-state index in [-0.39, 0.29) is 0 Å². The molecule has 3 heterocycles. The Labute approximate surface area is 273 Å². The van der Waals surface area contributed by atoms with Crippen molar-refractivity contribution in [3.05, 3.63) is 146 Å². The lowest BCUT2D eigenvalue weighted by atomic mass is 9.94. The second-order valence-corrected chi connectivity index (χ2v) is 13.5. The number of hydrogen-bond acceptors (Lipinski definition) is 3. The lowest BCUT2D eigenvalue weighted by Crippen LogP contribution is -1.93. The van der Waals surface area contributed by atoms with Crippen LogP contribution in [-0.4, -0.2) is 0 Å². The van der Waals surface area contributed by atoms with Crippen molar-refractivity contribution < 1.29 is 8.83 Å². The molecule has 2 aromatic heterocycles. The number of rotatable bonds is 2. The van der Waals surface area contributed by atoms with Crippen molar-refractivity contribution in [3.63, 3.8) is 0 Å². The van der Waals surface area contributed by atoms with Crippen molar-refractivity contribution in [1.29, 1.82) is 0 Å². The van der Waals surface area contributed by atoms with Crippen LogP contribution in [0.5, 0.6) is 0 Å². The molecule has 0 bridgehead atoms. The largest absolute Gasteiger partial charge is 0.456 e. The molecular weight excluding hydrogens is 593 g/mol. The van der Waals surface area contributed by atoms with Gasteiger partial charge in [0, 0.05) is 36.7 Å². The summed E-state index contributed by atoms with van der Waals surface area (Å²) in [6, 6.07) is 52.4. The van der Waals surface area contributed by atoms with Gasteiger partial charge in [0.25, 0.3) is 0 Å². The molecule has 10 aromatic rings. The molecule has 0 saturated heterocycles. The Morgan fingerprint density at radius 2 is 1.02 bits per heavy atom. The smallest absolute Gasteiger partial charge is 0.136 e. The van der Waals surface area contributed by atoms with Crippen molar-refractivity contribution in [2.24, 2.45) is 0 Å². The molecule has 0 atom stereocenters. The zero-order chi connectivity index (χ0) is 30.6. The van der Waals surface area contributed by atoms with Gasteiger partial charge in [0.15, 0.2) is 0 Å². The SMILES string of the molecule is c1cc2c3c(cccc3c1)-c1cc(-c3ccc4c(c3)oc3cc(-c5cccc6oc7ccc8ccccc8c7c56)ccc34)ccc1S2. The van der Waals surface area contributed by atoms with Crippen LogP contribution in [0, 0.1) is 0 Å². The molecule has 1 aliphatic rings. The fraction of sp³-hybridized carbons (Fsp3) is 0. The second-order valence-electron chi connectivity index (χ2n) is 12.4. The van der Waals surface area contributed by atoms with Crippen LogP contribution in [0.2, 0.25) is 0 Å². The average Bonchev–Trinajstić information content (AvgIpc) is 3.69. The molecule has 0 unspecified atom stereocenters. The highest BCUT2D eigenvalue weighted by Crippen LogP contribution is 2.49. The van der Waals surface area contributed by atoms with Crippen LogP contribution in [0.25, 0.3) is 98.8 Å². The van der Waals surface area contributed by atoms with Crippen LogP contribution in [0.3, 0.4) is 0 Å². The first-order chi connectivity index (χ1) is 23.3. The van der Waals surface area contributed by atoms with Crippen LogP contribution < -0.4 is 0 Å². The first-order valence-corrected chi connectivity index (χ1v) is 16.7. The predicted octanol–water partition coefficient (Wildman–Crippen LogP) is 13.3. The van der Waals surface area contributed by atoms with Crippen LogP contribution in [0.15, 0.2) is 164 Å². The van der Waals surface area contributed by atoms with Gasteiger partial charge in [0.2, 0.25) is 0 Å². The standard InChI is InChI=1S/C44H24O2S/c1-2-9-30-25(6-1)16-20-37-43(30)44-31(10-5-12-36(44)45-37)29-15-19-33-32-18-14-28(23-38(32)46-39(33)24-29)27-17-21-40-35(22-27)34-11-3-7-26-8-4-13-41(47-40)42(26)34/h1-24H. The van der Waals surface area contributed by atoms with Gasteiger partial charge in [0.1, 0.15) is 22.3 Å². The van der Waals surface area contributed by atoms with Gasteiger partial charge < -0.3 is 8.83 Å². The van der Waals surface area contributed by atoms with Crippen LogP contribution in [0.1, 0.15) is 0 Å². The van der Waals surface area contributed by atoms with E-state index in [4.69, 9.17) is 8.83 Å². The predicted molar refractivity (Wildman–Crippen MR) is 196 cm³/mol. The zero-order valence-electron chi connectivity index (χ0n) is 25.1. The minimum Gasteiger partial charge on any atom is -0.456 e. The van der Waals surface area contributed by atoms with Gasteiger partial charge >= 0.3 is 0 Å². The third-order valence-electron chi connectivity index (χ3n) is 9.86. The molecule has 0 N–H and O–H groups in total. The highest BCUT2D eigenvalue weighted by molar-refractivity contribution is 7.99. The Morgan fingerprint density at radius 3 is 1.94 bits per heavy atom. The summed E-state index contributed by atoms with van der Waals surface area (Å²) in [5.41, 5.74) is 10.8. The number of hydrogen-bond donors (Lipinski definition) is 0. The summed E-state index contributed by atoms with van der Waals surface area (Å²) in [5.74, 6) is 0. The zero-order valence-corrected chi connectivity index (χ0v) is 25.9. The van der Waals surface area contributed by atoms with Crippen molar-refractivity contribution in [3.8, 4) is 33.4 Å². The van der Waals surface area contributed by atoms with E-state index in [9.17, 15) is 0 Å². The molecule has 8 aromatic carbocycles. The summed E-state index contributed by atoms with van der Waals surface area (Å²) in [5, 5.41) is 9.59. The molecule has 2 nitrogen and oxygen atoms in total. The van der Waals surface area contributed by atoms with Gasteiger partial charge in [-0.25, -0.2) is 0 Å². The molecule has 0 spiro atoms. The monoisotopic (exact) mass is 616 g/mol. The third-order valence-corrected chi connectivity index (χ3v) is 11.0. The Hall–Kier alpha value is -5.77. The van der Waals surface area contributed by atoms with Crippen LogP contribution >= 0.6 is 11.8 Å². The first-order valence-electron chi connectivity index (χ1n) is 15.9. The average molecular weight is 617 g/mol. The van der Waals surface area contributed by atoms with Crippen LogP contribution in [-0.2, 0) is 0 Å². The third kappa shape index (κ3) is 3.63. The van der Waals surface area contributed by atoms with E-state index in [2.05, 4.69) is 146 Å². The number of furan rings is 2. The highest BCUT2D eigenvalue weighted by Gasteiger charge is 2.20. The van der Waals surface area contributed by atoms with E-state index in [0.717, 1.165) is 60.6 Å². The molecule has 0 amide bonds. The first kappa shape index (κ1) is 25.4. The molecule has 0 fully saturated rings. The number of fused-ring (bicyclic) bond motifs is 10. The summed E-state index contributed by atoms with van der Waals surface area (Å²) < 4.78 is 13.0. The summed E-state index contributed by atoms with van der Waals surface area (Å²) in [7, 11) is 0. The topological polar surface area (TPSA) is 26.3 Å². The molecule has 11 rings (SSSR count). The fourth-order valence-corrected chi connectivity index (χ4v) is 8.82. The van der Waals surface area contributed by atoms with Crippen molar-refractivity contribution in [1.82, 2.24) is 0 Å². The van der Waals surface area contributed by atoms with E-state index in [1.54, 1.807) is 0 Å². The lowest BCUT2D eigenvalue weighted by molar-refractivity contribution is 0.668. The van der Waals surface area contributed by atoms with E-state index >= 15 is 0 Å². The van der Waals surface area contributed by atoms with Gasteiger partial charge in [-0.2, -0.15) is 0 Å². The molecule has 0 saturated carbocycles. The van der Waals surface area contributed by atoms with Crippen LogP contribution in [0.4, 0.5) is 0 Å². The van der Waals surface area contributed by atoms with Gasteiger partial charge in [-0.05, 0) is 104 Å². The quantitative estimate of drug-likeness (QED) is 0.193. The Morgan fingerprint density at radius 1 is 0.340 bits per heavy atom. The Balaban J connectivity index is 1.05. The van der Waals surface area contributed by atoms with E-state index in [0.29, 0.717) is 0 Å². The minimum absolute atomic E-state index is 0.884. The summed E-state index contributed by atoms with van der Waals surface area (Å²) in [6.07, 6.45) is 0. The fourth-order valence-electron chi connectivity index (χ4n) is 7.70. The van der Waals surface area contributed by atoms with Crippen molar-refractivity contribution >= 4 is 77.2 Å². The van der Waals surface area contributed by atoms with Crippen molar-refractivity contribution in [2.45, 2.75) is 9.79 Å². The minimum atomic E-state index is 0.884. The van der Waals surface area contributed by atoms with Gasteiger partial charge in [-0.3, -0.25) is 0 Å². The van der Waals surface area contributed by atoms with E-state index < -0.39 is 0 Å². The summed E-state index contributed by atoms with van der Waals surface area (Å²) in [4.78, 5) is 2.62. The number of benzene rings is 8. The summed E-state index contributed by atoms with van der Waals surface area (Å²) >= 11 is 1.86. The maximum Gasteiger partial charge on any atom is 0.136 e. The molecule has 1 aliphatic heterocycles. The second kappa shape index (κ2) is 9.38. The summed E-state index contributed by atoms with van der Waals surface area (Å²) in [6.45, 7) is 0. The molecule has 3 heteroatoms.